The second-order valence-electron chi connectivity index (χ2n) is 8.45. The van der Waals surface area contributed by atoms with Crippen LogP contribution in [0.1, 0.15) is 24.2 Å². The Kier molecular flexibility index (Phi) is 5.73. The SMILES string of the molecule is COc1cc(OCc2cccc(C3(F)CCOCC3)n2)c2cc(-c3cn4nc(OC)sc4n3)oc2c1. The van der Waals surface area contributed by atoms with Crippen molar-refractivity contribution < 1.29 is 27.8 Å². The summed E-state index contributed by atoms with van der Waals surface area (Å²) in [6, 6.07) is 10.8. The van der Waals surface area contributed by atoms with Gasteiger partial charge >= 0.3 is 0 Å². The Morgan fingerprint density at radius 3 is 2.75 bits per heavy atom. The van der Waals surface area contributed by atoms with Crippen LogP contribution in [0.4, 0.5) is 4.39 Å². The first-order valence-corrected chi connectivity index (χ1v) is 12.2. The fourth-order valence-corrected chi connectivity index (χ4v) is 4.94. The van der Waals surface area contributed by atoms with Crippen molar-refractivity contribution in [2.45, 2.75) is 25.1 Å². The highest BCUT2D eigenvalue weighted by atomic mass is 32.1. The van der Waals surface area contributed by atoms with Crippen LogP contribution < -0.4 is 14.2 Å². The highest BCUT2D eigenvalue weighted by Gasteiger charge is 2.35. The first-order chi connectivity index (χ1) is 17.5. The average Bonchev–Trinajstić information content (AvgIpc) is 3.60. The van der Waals surface area contributed by atoms with E-state index in [-0.39, 0.29) is 6.61 Å². The molecule has 0 radical (unpaired) electrons. The predicted molar refractivity (Wildman–Crippen MR) is 131 cm³/mol. The maximum atomic E-state index is 15.4. The Morgan fingerprint density at radius 1 is 1.11 bits per heavy atom. The van der Waals surface area contributed by atoms with Gasteiger partial charge in [0.15, 0.2) is 11.4 Å². The van der Waals surface area contributed by atoms with Gasteiger partial charge in [-0.15, -0.1) is 5.10 Å². The molecular formula is C25H23FN4O5S. The van der Waals surface area contributed by atoms with E-state index >= 15 is 4.39 Å². The molecule has 5 heterocycles. The molecule has 186 valence electrons. The van der Waals surface area contributed by atoms with Crippen molar-refractivity contribution in [1.82, 2.24) is 19.6 Å². The summed E-state index contributed by atoms with van der Waals surface area (Å²) in [5, 5.41) is 5.60. The summed E-state index contributed by atoms with van der Waals surface area (Å²) in [5.41, 5.74) is 0.793. The van der Waals surface area contributed by atoms with E-state index in [2.05, 4.69) is 15.1 Å². The van der Waals surface area contributed by atoms with E-state index in [9.17, 15) is 0 Å². The Hall–Kier alpha value is -3.70. The van der Waals surface area contributed by atoms with Crippen LogP contribution in [0.2, 0.25) is 0 Å². The first-order valence-electron chi connectivity index (χ1n) is 11.4. The smallest absolute Gasteiger partial charge is 0.294 e. The van der Waals surface area contributed by atoms with Gasteiger partial charge in [0.05, 0.1) is 50.4 Å². The standard InChI is InChI=1S/C25H23FN4O5S/c1-31-16-10-19(34-14-15-4-3-5-22(27-15)25(26)6-8-33-9-7-25)17-12-21(35-20(17)11-16)18-13-30-23(28-18)36-24(29-30)32-2/h3-5,10-13H,6-9,14H2,1-2H3. The van der Waals surface area contributed by atoms with Gasteiger partial charge in [-0.25, -0.2) is 13.9 Å². The van der Waals surface area contributed by atoms with E-state index in [0.29, 0.717) is 76.1 Å². The third-order valence-corrected chi connectivity index (χ3v) is 7.07. The molecule has 0 saturated carbocycles. The molecule has 0 spiro atoms. The van der Waals surface area contributed by atoms with Crippen LogP contribution in [0.5, 0.6) is 16.7 Å². The minimum atomic E-state index is -1.48. The van der Waals surface area contributed by atoms with E-state index in [1.165, 1.54) is 11.3 Å². The quantitative estimate of drug-likeness (QED) is 0.296. The fourth-order valence-electron chi connectivity index (χ4n) is 4.24. The number of ether oxygens (including phenoxy) is 4. The van der Waals surface area contributed by atoms with Gasteiger partial charge < -0.3 is 23.4 Å². The van der Waals surface area contributed by atoms with Gasteiger partial charge in [0.1, 0.15) is 29.4 Å². The zero-order valence-electron chi connectivity index (χ0n) is 19.7. The first kappa shape index (κ1) is 22.7. The van der Waals surface area contributed by atoms with Crippen LogP contribution in [-0.2, 0) is 17.0 Å². The normalized spacial score (nSPS) is 15.4. The lowest BCUT2D eigenvalue weighted by Gasteiger charge is -2.29. The molecule has 0 bridgehead atoms. The lowest BCUT2D eigenvalue weighted by Crippen LogP contribution is -2.30. The monoisotopic (exact) mass is 510 g/mol. The number of furan rings is 1. The van der Waals surface area contributed by atoms with Crippen LogP contribution in [0, 0.1) is 0 Å². The number of benzene rings is 1. The van der Waals surface area contributed by atoms with Crippen LogP contribution in [-0.4, -0.2) is 47.0 Å². The minimum Gasteiger partial charge on any atom is -0.496 e. The van der Waals surface area contributed by atoms with Gasteiger partial charge in [0.25, 0.3) is 5.19 Å². The third kappa shape index (κ3) is 4.14. The molecular weight excluding hydrogens is 487 g/mol. The number of hydrogen-bond donors (Lipinski definition) is 0. The van der Waals surface area contributed by atoms with E-state index in [4.69, 9.17) is 23.4 Å². The highest BCUT2D eigenvalue weighted by Crippen LogP contribution is 2.38. The molecule has 6 rings (SSSR count). The second kappa shape index (κ2) is 9.07. The molecule has 1 aromatic carbocycles. The van der Waals surface area contributed by atoms with Crippen molar-refractivity contribution in [2.75, 3.05) is 27.4 Å². The summed E-state index contributed by atoms with van der Waals surface area (Å²) in [6.07, 6.45) is 2.38. The molecule has 5 aromatic rings. The summed E-state index contributed by atoms with van der Waals surface area (Å²) in [6.45, 7) is 0.941. The van der Waals surface area contributed by atoms with E-state index in [1.54, 1.807) is 43.1 Å². The number of alkyl halides is 1. The summed E-state index contributed by atoms with van der Waals surface area (Å²) in [5.74, 6) is 1.72. The number of methoxy groups -OCH3 is 2. The average molecular weight is 511 g/mol. The molecule has 36 heavy (non-hydrogen) atoms. The molecule has 1 fully saturated rings. The number of imidazole rings is 1. The van der Waals surface area contributed by atoms with Crippen molar-refractivity contribution in [2.24, 2.45) is 0 Å². The molecule has 0 amide bonds. The van der Waals surface area contributed by atoms with Crippen LogP contribution in [0.15, 0.2) is 47.0 Å². The molecule has 1 saturated heterocycles. The molecule has 0 atom stereocenters. The third-order valence-electron chi connectivity index (χ3n) is 6.19. The van der Waals surface area contributed by atoms with Gasteiger partial charge in [-0.05, 0) is 29.5 Å². The summed E-state index contributed by atoms with van der Waals surface area (Å²) < 4.78 is 45.2. The molecule has 9 nitrogen and oxygen atoms in total. The van der Waals surface area contributed by atoms with Gasteiger partial charge in [0, 0.05) is 25.0 Å². The zero-order chi connectivity index (χ0) is 24.7. The second-order valence-corrected chi connectivity index (χ2v) is 9.37. The van der Waals surface area contributed by atoms with Crippen LogP contribution >= 0.6 is 11.3 Å². The van der Waals surface area contributed by atoms with Crippen molar-refractivity contribution >= 4 is 27.3 Å². The summed E-state index contributed by atoms with van der Waals surface area (Å²) >= 11 is 1.34. The Labute approximate surface area is 209 Å². The van der Waals surface area contributed by atoms with Gasteiger partial charge in [0.2, 0.25) is 4.96 Å². The molecule has 0 unspecified atom stereocenters. The molecule has 1 aliphatic heterocycles. The molecule has 11 heteroatoms. The van der Waals surface area contributed by atoms with Crippen molar-refractivity contribution in [1.29, 1.82) is 0 Å². The van der Waals surface area contributed by atoms with E-state index in [0.717, 1.165) is 5.39 Å². The lowest BCUT2D eigenvalue weighted by molar-refractivity contribution is -0.0140. The minimum absolute atomic E-state index is 0.160. The maximum absolute atomic E-state index is 15.4. The number of pyridine rings is 1. The number of hydrogen-bond acceptors (Lipinski definition) is 9. The highest BCUT2D eigenvalue weighted by molar-refractivity contribution is 7.18. The predicted octanol–water partition coefficient (Wildman–Crippen LogP) is 5.17. The van der Waals surface area contributed by atoms with Gasteiger partial charge in [-0.1, -0.05) is 6.07 Å². The Balaban J connectivity index is 1.29. The van der Waals surface area contributed by atoms with Crippen molar-refractivity contribution in [3.8, 4) is 28.1 Å². The van der Waals surface area contributed by atoms with Crippen LogP contribution in [0.25, 0.3) is 27.4 Å². The zero-order valence-corrected chi connectivity index (χ0v) is 20.5. The topological polar surface area (TPSA) is 93.1 Å². The molecule has 0 aliphatic carbocycles. The van der Waals surface area contributed by atoms with Crippen molar-refractivity contribution in [3.63, 3.8) is 0 Å². The van der Waals surface area contributed by atoms with E-state index in [1.807, 2.05) is 18.2 Å². The van der Waals surface area contributed by atoms with Crippen LogP contribution in [0.3, 0.4) is 0 Å². The Bertz CT molecular complexity index is 1510. The van der Waals surface area contributed by atoms with Gasteiger partial charge in [-0.3, -0.25) is 4.98 Å². The number of aromatic nitrogens is 4. The maximum Gasteiger partial charge on any atom is 0.294 e. The number of fused-ring (bicyclic) bond motifs is 2. The molecule has 0 N–H and O–H groups in total. The van der Waals surface area contributed by atoms with Gasteiger partial charge in [-0.2, -0.15) is 0 Å². The summed E-state index contributed by atoms with van der Waals surface area (Å²) in [4.78, 5) is 9.84. The van der Waals surface area contributed by atoms with E-state index < -0.39 is 5.67 Å². The number of rotatable bonds is 7. The fraction of sp³-hybridized carbons (Fsp3) is 0.320. The molecule has 4 aromatic heterocycles. The summed E-state index contributed by atoms with van der Waals surface area (Å²) in [7, 11) is 3.15. The number of halogens is 1. The Morgan fingerprint density at radius 2 is 1.97 bits per heavy atom. The lowest BCUT2D eigenvalue weighted by atomic mass is 9.92. The number of nitrogens with zero attached hydrogens (tertiary/aromatic N) is 4. The largest absolute Gasteiger partial charge is 0.496 e. The van der Waals surface area contributed by atoms with Crippen molar-refractivity contribution in [3.05, 3.63) is 54.0 Å². The molecule has 1 aliphatic rings.